The minimum Gasteiger partial charge on any atom is -0.496 e. The van der Waals surface area contributed by atoms with E-state index >= 15 is 0 Å². The summed E-state index contributed by atoms with van der Waals surface area (Å²) in [6.45, 7) is 0.895. The lowest BCUT2D eigenvalue weighted by Gasteiger charge is -2.22. The number of fused-ring (bicyclic) bond motifs is 2. The van der Waals surface area contributed by atoms with E-state index in [1.807, 2.05) is 0 Å². The van der Waals surface area contributed by atoms with Crippen LogP contribution in [0, 0.1) is 0 Å². The summed E-state index contributed by atoms with van der Waals surface area (Å²) in [7, 11) is 6.07. The van der Waals surface area contributed by atoms with Gasteiger partial charge in [0.25, 0.3) is 0 Å². The number of rotatable bonds is 10. The average Bonchev–Trinajstić information content (AvgIpc) is 3.32. The first-order valence-electron chi connectivity index (χ1n) is 10.4. The monoisotopic (exact) mass is 471 g/mol. The van der Waals surface area contributed by atoms with Crippen molar-refractivity contribution < 1.29 is 42.8 Å². The third-order valence-corrected chi connectivity index (χ3v) is 5.25. The summed E-state index contributed by atoms with van der Waals surface area (Å²) < 4.78 is 38.0. The highest BCUT2D eigenvalue weighted by Gasteiger charge is 2.31. The molecule has 0 saturated heterocycles. The molecule has 0 saturated carbocycles. The van der Waals surface area contributed by atoms with E-state index in [0.717, 1.165) is 0 Å². The summed E-state index contributed by atoms with van der Waals surface area (Å²) in [4.78, 5) is 18.3. The van der Waals surface area contributed by atoms with Crippen LogP contribution in [-0.4, -0.2) is 66.7 Å². The van der Waals surface area contributed by atoms with Crippen LogP contribution in [0.5, 0.6) is 28.7 Å². The summed E-state index contributed by atoms with van der Waals surface area (Å²) in [5.74, 6) is 2.13. The number of ether oxygens (including phenoxy) is 7. The third-order valence-electron chi connectivity index (χ3n) is 5.25. The van der Waals surface area contributed by atoms with Crippen LogP contribution >= 0.6 is 0 Å². The number of hydrogen-bond acceptors (Lipinski definition) is 10. The molecule has 0 atom stereocenters. The molecular weight excluding hydrogens is 446 g/mol. The molecule has 0 unspecified atom stereocenters. The van der Waals surface area contributed by atoms with Gasteiger partial charge in [0, 0.05) is 35.4 Å². The fourth-order valence-electron chi connectivity index (χ4n) is 3.66. The number of nitrogens with zero attached hydrogens (tertiary/aromatic N) is 1. The van der Waals surface area contributed by atoms with Gasteiger partial charge in [-0.15, -0.1) is 0 Å². The minimum absolute atomic E-state index is 0.0266. The summed E-state index contributed by atoms with van der Waals surface area (Å²) in [6.07, 6.45) is 1.48. The summed E-state index contributed by atoms with van der Waals surface area (Å²) in [6, 6.07) is 6.75. The minimum atomic E-state index is -0.243. The van der Waals surface area contributed by atoms with Crippen LogP contribution in [0.1, 0.15) is 21.5 Å². The number of allylic oxidation sites excluding steroid dienone is 2. The normalized spacial score (nSPS) is 15.1. The Morgan fingerprint density at radius 3 is 2.29 bits per heavy atom. The highest BCUT2D eigenvalue weighted by atomic mass is 16.7. The summed E-state index contributed by atoms with van der Waals surface area (Å²) in [5.41, 5.74) is 2.44. The molecule has 2 aromatic rings. The van der Waals surface area contributed by atoms with Crippen molar-refractivity contribution in [3.8, 4) is 28.7 Å². The Balaban J connectivity index is 1.74. The fraction of sp³-hybridized carbons (Fsp3) is 0.333. The van der Waals surface area contributed by atoms with Gasteiger partial charge in [0.2, 0.25) is 6.79 Å². The first-order chi connectivity index (χ1) is 16.6. The molecule has 0 aromatic heterocycles. The van der Waals surface area contributed by atoms with E-state index < -0.39 is 0 Å². The molecule has 1 aliphatic carbocycles. The molecule has 0 amide bonds. The van der Waals surface area contributed by atoms with E-state index in [1.54, 1.807) is 31.4 Å². The van der Waals surface area contributed by atoms with Gasteiger partial charge in [-0.2, -0.15) is 0 Å². The standard InChI is InChI=1S/C24H25NO9/c1-27-5-6-31-12-32-21-8-14-17(10-20(21)29-3)24(25-30-4)16(7-18(14)26)15-9-22-23(34-13-33-22)11-19(15)28-2/h7-11H,5-6,12-13H2,1-4H3. The molecule has 34 heavy (non-hydrogen) atoms. The van der Waals surface area contributed by atoms with E-state index in [0.29, 0.717) is 69.9 Å². The molecule has 2 aliphatic rings. The molecule has 1 aliphatic heterocycles. The maximum absolute atomic E-state index is 13.2. The van der Waals surface area contributed by atoms with Gasteiger partial charge in [0.05, 0.1) is 27.4 Å². The molecule has 0 bridgehead atoms. The van der Waals surface area contributed by atoms with Crippen molar-refractivity contribution in [2.45, 2.75) is 0 Å². The molecule has 10 nitrogen and oxygen atoms in total. The van der Waals surface area contributed by atoms with Gasteiger partial charge in [-0.3, -0.25) is 4.79 Å². The van der Waals surface area contributed by atoms with Gasteiger partial charge in [0.1, 0.15) is 18.6 Å². The van der Waals surface area contributed by atoms with Crippen LogP contribution in [0.3, 0.4) is 0 Å². The van der Waals surface area contributed by atoms with Gasteiger partial charge >= 0.3 is 0 Å². The molecule has 0 fully saturated rings. The highest BCUT2D eigenvalue weighted by Crippen LogP contribution is 2.44. The molecule has 180 valence electrons. The molecule has 1 heterocycles. The summed E-state index contributed by atoms with van der Waals surface area (Å²) >= 11 is 0. The molecule has 0 radical (unpaired) electrons. The molecule has 0 N–H and O–H groups in total. The number of methoxy groups -OCH3 is 3. The zero-order chi connectivity index (χ0) is 24.1. The van der Waals surface area contributed by atoms with Crippen LogP contribution in [0.15, 0.2) is 35.5 Å². The van der Waals surface area contributed by atoms with E-state index in [9.17, 15) is 4.79 Å². The smallest absolute Gasteiger partial charge is 0.231 e. The van der Waals surface area contributed by atoms with Gasteiger partial charge in [0.15, 0.2) is 35.6 Å². The van der Waals surface area contributed by atoms with E-state index in [4.69, 9.17) is 38.0 Å². The van der Waals surface area contributed by atoms with Crippen LogP contribution < -0.4 is 23.7 Å². The van der Waals surface area contributed by atoms with Crippen molar-refractivity contribution in [2.24, 2.45) is 5.16 Å². The summed E-state index contributed by atoms with van der Waals surface area (Å²) in [5, 5.41) is 4.22. The van der Waals surface area contributed by atoms with Crippen LogP contribution in [-0.2, 0) is 14.3 Å². The van der Waals surface area contributed by atoms with Gasteiger partial charge in [-0.25, -0.2) is 0 Å². The Bertz CT molecular complexity index is 1140. The van der Waals surface area contributed by atoms with E-state index in [2.05, 4.69) is 5.16 Å². The lowest BCUT2D eigenvalue weighted by atomic mass is 9.85. The van der Waals surface area contributed by atoms with Crippen LogP contribution in [0.4, 0.5) is 0 Å². The van der Waals surface area contributed by atoms with Crippen molar-refractivity contribution in [1.29, 1.82) is 0 Å². The Morgan fingerprint density at radius 2 is 1.59 bits per heavy atom. The number of benzene rings is 2. The van der Waals surface area contributed by atoms with E-state index in [1.165, 1.54) is 27.4 Å². The number of oxime groups is 1. The molecule has 0 spiro atoms. The number of hydrogen-bond donors (Lipinski definition) is 0. The van der Waals surface area contributed by atoms with Crippen LogP contribution in [0.2, 0.25) is 0 Å². The Labute approximate surface area is 196 Å². The largest absolute Gasteiger partial charge is 0.496 e. The van der Waals surface area contributed by atoms with Crippen molar-refractivity contribution in [1.82, 2.24) is 0 Å². The van der Waals surface area contributed by atoms with E-state index in [-0.39, 0.29) is 19.4 Å². The van der Waals surface area contributed by atoms with Crippen molar-refractivity contribution in [3.05, 3.63) is 47.0 Å². The Kier molecular flexibility index (Phi) is 7.19. The van der Waals surface area contributed by atoms with Gasteiger partial charge in [-0.05, 0) is 24.3 Å². The average molecular weight is 471 g/mol. The van der Waals surface area contributed by atoms with Crippen molar-refractivity contribution in [3.63, 3.8) is 0 Å². The SMILES string of the molecule is COCCOCOc1cc2c(cc1OC)C(=NOC)C(c1cc3c(cc1OC)OCO3)=CC2=O. The topological polar surface area (TPSA) is 103 Å². The fourth-order valence-corrected chi connectivity index (χ4v) is 3.66. The maximum atomic E-state index is 13.2. The number of carbonyl (C=O) groups excluding carboxylic acids is 1. The molecular formula is C24H25NO9. The first kappa shape index (κ1) is 23.4. The Hall–Kier alpha value is -3.76. The van der Waals surface area contributed by atoms with Crippen LogP contribution in [0.25, 0.3) is 5.57 Å². The lowest BCUT2D eigenvalue weighted by Crippen LogP contribution is -2.19. The predicted molar refractivity (Wildman–Crippen MR) is 121 cm³/mol. The zero-order valence-electron chi connectivity index (χ0n) is 19.3. The molecule has 4 rings (SSSR count). The Morgan fingerprint density at radius 1 is 0.853 bits per heavy atom. The quantitative estimate of drug-likeness (QED) is 0.294. The third kappa shape index (κ3) is 4.50. The number of carbonyl (C=O) groups is 1. The zero-order valence-corrected chi connectivity index (χ0v) is 19.3. The highest BCUT2D eigenvalue weighted by molar-refractivity contribution is 6.41. The number of ketones is 1. The maximum Gasteiger partial charge on any atom is 0.231 e. The molecule has 2 aromatic carbocycles. The molecule has 10 heteroatoms. The second-order valence-electron chi connectivity index (χ2n) is 7.16. The second-order valence-corrected chi connectivity index (χ2v) is 7.16. The van der Waals surface area contributed by atoms with Gasteiger partial charge < -0.3 is 38.0 Å². The lowest BCUT2D eigenvalue weighted by molar-refractivity contribution is -0.00947. The van der Waals surface area contributed by atoms with Crippen molar-refractivity contribution in [2.75, 3.05) is 55.2 Å². The predicted octanol–water partition coefficient (Wildman–Crippen LogP) is 3.06. The van der Waals surface area contributed by atoms with Crippen molar-refractivity contribution >= 4 is 17.1 Å². The first-order valence-corrected chi connectivity index (χ1v) is 10.4. The second kappa shape index (κ2) is 10.4. The van der Waals surface area contributed by atoms with Gasteiger partial charge in [-0.1, -0.05) is 5.16 Å².